The first-order valence-electron chi connectivity index (χ1n) is 11.0. The van der Waals surface area contributed by atoms with E-state index in [9.17, 15) is 15.3 Å². The Labute approximate surface area is 207 Å². The second kappa shape index (κ2) is 9.72. The smallest absolute Gasteiger partial charge is 0.259 e. The van der Waals surface area contributed by atoms with E-state index >= 15 is 0 Å². The largest absolute Gasteiger partial charge is 0.272 e. The molecule has 1 aliphatic heterocycles. The van der Waals surface area contributed by atoms with Gasteiger partial charge in [-0.15, -0.1) is 11.3 Å². The molecule has 35 heavy (non-hydrogen) atoms. The van der Waals surface area contributed by atoms with Crippen molar-refractivity contribution >= 4 is 28.1 Å². The Hall–Kier alpha value is -4.59. The zero-order valence-corrected chi connectivity index (χ0v) is 19.3. The molecule has 0 unspecified atom stereocenters. The van der Waals surface area contributed by atoms with Crippen LogP contribution in [0.2, 0.25) is 0 Å². The lowest BCUT2D eigenvalue weighted by atomic mass is 9.74. The number of benzene rings is 3. The summed E-state index contributed by atoms with van der Waals surface area (Å²) in [7, 11) is 0. The summed E-state index contributed by atoms with van der Waals surface area (Å²) in [5.74, 6) is -2.83. The highest BCUT2D eigenvalue weighted by atomic mass is 32.1. The highest BCUT2D eigenvalue weighted by Crippen LogP contribution is 2.41. The predicted molar refractivity (Wildman–Crippen MR) is 135 cm³/mol. The fourth-order valence-electron chi connectivity index (χ4n) is 4.32. The van der Waals surface area contributed by atoms with Gasteiger partial charge in [0.25, 0.3) is 5.91 Å². The van der Waals surface area contributed by atoms with Crippen molar-refractivity contribution in [2.24, 2.45) is 16.9 Å². The molecule has 3 aromatic carbocycles. The molecular weight excluding hydrogens is 454 g/mol. The van der Waals surface area contributed by atoms with Crippen molar-refractivity contribution in [2.75, 3.05) is 5.01 Å². The minimum atomic E-state index is -1.03. The van der Waals surface area contributed by atoms with Crippen LogP contribution in [0.4, 0.5) is 5.13 Å². The number of carbonyl (C=O) groups excluding carboxylic acids is 1. The molecule has 0 saturated heterocycles. The van der Waals surface area contributed by atoms with Gasteiger partial charge in [0.2, 0.25) is 5.13 Å². The Morgan fingerprint density at radius 1 is 0.829 bits per heavy atom. The molecule has 1 aliphatic rings. The van der Waals surface area contributed by atoms with Gasteiger partial charge in [-0.2, -0.15) is 20.6 Å². The van der Waals surface area contributed by atoms with Gasteiger partial charge in [-0.05, 0) is 11.1 Å². The number of nitriles is 2. The highest BCUT2D eigenvalue weighted by Gasteiger charge is 2.47. The average molecular weight is 474 g/mol. The van der Waals surface area contributed by atoms with Gasteiger partial charge in [-0.1, -0.05) is 91.0 Å². The molecule has 0 spiro atoms. The van der Waals surface area contributed by atoms with Crippen molar-refractivity contribution in [1.82, 2.24) is 4.98 Å². The molecular formula is C28H19N5OS. The molecule has 0 bridgehead atoms. The van der Waals surface area contributed by atoms with Crippen LogP contribution >= 0.6 is 11.3 Å². The molecule has 4 aromatic rings. The Balaban J connectivity index is 1.62. The summed E-state index contributed by atoms with van der Waals surface area (Å²) < 4.78 is 0. The second-order valence-corrected chi connectivity index (χ2v) is 8.87. The van der Waals surface area contributed by atoms with Crippen LogP contribution in [0.15, 0.2) is 101 Å². The quantitative estimate of drug-likeness (QED) is 0.363. The number of rotatable bonds is 6. The van der Waals surface area contributed by atoms with E-state index < -0.39 is 17.8 Å². The van der Waals surface area contributed by atoms with Crippen molar-refractivity contribution in [2.45, 2.75) is 5.92 Å². The van der Waals surface area contributed by atoms with E-state index in [1.54, 1.807) is 0 Å². The molecule has 1 aromatic heterocycles. The number of hydrogen-bond acceptors (Lipinski definition) is 6. The number of carbonyl (C=O) groups is 1. The zero-order valence-electron chi connectivity index (χ0n) is 18.5. The Bertz CT molecular complexity index is 1440. The summed E-state index contributed by atoms with van der Waals surface area (Å²) in [6.07, 6.45) is 0. The Morgan fingerprint density at radius 3 is 2.00 bits per heavy atom. The van der Waals surface area contributed by atoms with Crippen LogP contribution in [0.5, 0.6) is 0 Å². The third-order valence-corrected chi connectivity index (χ3v) is 6.79. The van der Waals surface area contributed by atoms with E-state index in [1.165, 1.54) is 16.3 Å². The summed E-state index contributed by atoms with van der Waals surface area (Å²) in [4.78, 5) is 18.6. The topological polar surface area (TPSA) is 93.1 Å². The number of aromatic nitrogens is 1. The van der Waals surface area contributed by atoms with Crippen molar-refractivity contribution in [3.05, 3.63) is 108 Å². The molecule has 6 nitrogen and oxygen atoms in total. The third-order valence-electron chi connectivity index (χ3n) is 5.97. The van der Waals surface area contributed by atoms with Gasteiger partial charge in [0, 0.05) is 16.9 Å². The van der Waals surface area contributed by atoms with Crippen molar-refractivity contribution < 1.29 is 4.79 Å². The molecule has 168 valence electrons. The van der Waals surface area contributed by atoms with E-state index in [-0.39, 0.29) is 5.91 Å². The molecule has 0 aliphatic carbocycles. The molecule has 0 N–H and O–H groups in total. The first kappa shape index (κ1) is 22.2. The first-order valence-corrected chi connectivity index (χ1v) is 11.9. The molecule has 5 rings (SSSR count). The standard InChI is InChI=1S/C28H19N5OS/c29-16-22(17-30)24(20-12-6-2-7-13-20)25-26(21-14-8-3-9-15-21)32-33(27(25)34)28-31-23(18-35-28)19-10-4-1-5-11-19/h1-15,18,22,24-25H/t24-,25+/m0/s1. The summed E-state index contributed by atoms with van der Waals surface area (Å²) in [5, 5.41) is 28.0. The summed E-state index contributed by atoms with van der Waals surface area (Å²) in [6.45, 7) is 0. The van der Waals surface area contributed by atoms with Crippen LogP contribution < -0.4 is 5.01 Å². The first-order chi connectivity index (χ1) is 17.2. The van der Waals surface area contributed by atoms with Crippen LogP contribution in [-0.4, -0.2) is 16.6 Å². The van der Waals surface area contributed by atoms with Gasteiger partial charge in [-0.25, -0.2) is 4.98 Å². The molecule has 0 saturated carbocycles. The van der Waals surface area contributed by atoms with Crippen molar-refractivity contribution in [3.8, 4) is 23.4 Å². The number of hydrazone groups is 1. The maximum Gasteiger partial charge on any atom is 0.259 e. The van der Waals surface area contributed by atoms with Crippen LogP contribution in [0.3, 0.4) is 0 Å². The van der Waals surface area contributed by atoms with Gasteiger partial charge >= 0.3 is 0 Å². The third kappa shape index (κ3) is 4.21. The van der Waals surface area contributed by atoms with Crippen LogP contribution in [-0.2, 0) is 4.79 Å². The lowest BCUT2D eigenvalue weighted by Gasteiger charge is -2.25. The molecule has 0 radical (unpaired) electrons. The minimum Gasteiger partial charge on any atom is -0.272 e. The maximum atomic E-state index is 13.9. The number of nitrogens with zero attached hydrogens (tertiary/aromatic N) is 5. The Kier molecular flexibility index (Phi) is 6.17. The van der Waals surface area contributed by atoms with Gasteiger partial charge in [0.05, 0.1) is 29.5 Å². The lowest BCUT2D eigenvalue weighted by Crippen LogP contribution is -2.35. The SMILES string of the molecule is N#CC(C#N)[C@H](c1ccccc1)[C@H]1C(=O)N(c2nc(-c3ccccc3)cs2)N=C1c1ccccc1. The van der Waals surface area contributed by atoms with Crippen molar-refractivity contribution in [3.63, 3.8) is 0 Å². The van der Waals surface area contributed by atoms with E-state index in [0.717, 1.165) is 22.4 Å². The lowest BCUT2D eigenvalue weighted by molar-refractivity contribution is -0.120. The minimum absolute atomic E-state index is 0.304. The number of amides is 1. The average Bonchev–Trinajstić information content (AvgIpc) is 3.54. The molecule has 0 fully saturated rings. The number of anilines is 1. The van der Waals surface area contributed by atoms with Crippen LogP contribution in [0, 0.1) is 34.5 Å². The van der Waals surface area contributed by atoms with E-state index in [2.05, 4.69) is 17.1 Å². The monoisotopic (exact) mass is 473 g/mol. The van der Waals surface area contributed by atoms with Gasteiger partial charge in [0.1, 0.15) is 5.92 Å². The molecule has 7 heteroatoms. The number of hydrogen-bond donors (Lipinski definition) is 0. The van der Waals surface area contributed by atoms with Gasteiger partial charge in [-0.3, -0.25) is 4.79 Å². The predicted octanol–water partition coefficient (Wildman–Crippen LogP) is 5.62. The number of thiazole rings is 1. The van der Waals surface area contributed by atoms with Crippen LogP contribution in [0.25, 0.3) is 11.3 Å². The molecule has 2 heterocycles. The molecule has 2 atom stereocenters. The highest BCUT2D eigenvalue weighted by molar-refractivity contribution is 7.14. The van der Waals surface area contributed by atoms with Crippen molar-refractivity contribution in [1.29, 1.82) is 10.5 Å². The fraction of sp³-hybridized carbons (Fsp3) is 0.107. The van der Waals surface area contributed by atoms with E-state index in [4.69, 9.17) is 5.10 Å². The zero-order chi connectivity index (χ0) is 24.2. The maximum absolute atomic E-state index is 13.9. The fourth-order valence-corrected chi connectivity index (χ4v) is 5.11. The van der Waals surface area contributed by atoms with E-state index in [0.29, 0.717) is 10.8 Å². The molecule has 1 amide bonds. The Morgan fingerprint density at radius 2 is 1.40 bits per heavy atom. The van der Waals surface area contributed by atoms with Gasteiger partial charge in [0.15, 0.2) is 0 Å². The second-order valence-electron chi connectivity index (χ2n) is 8.03. The van der Waals surface area contributed by atoms with Gasteiger partial charge < -0.3 is 0 Å². The summed E-state index contributed by atoms with van der Waals surface area (Å²) in [6, 6.07) is 32.6. The summed E-state index contributed by atoms with van der Waals surface area (Å²) in [5.41, 5.74) is 3.74. The van der Waals surface area contributed by atoms with Crippen LogP contribution in [0.1, 0.15) is 17.0 Å². The van der Waals surface area contributed by atoms with E-state index in [1.807, 2.05) is 96.4 Å². The summed E-state index contributed by atoms with van der Waals surface area (Å²) >= 11 is 1.33. The normalized spacial score (nSPS) is 16.0.